The van der Waals surface area contributed by atoms with E-state index in [1.807, 2.05) is 31.2 Å². The van der Waals surface area contributed by atoms with Gasteiger partial charge in [-0.3, -0.25) is 4.99 Å². The largest absolute Gasteiger partial charge is 0.493 e. The molecule has 7 heteroatoms. The van der Waals surface area contributed by atoms with Crippen LogP contribution in [0.3, 0.4) is 0 Å². The summed E-state index contributed by atoms with van der Waals surface area (Å²) in [5.74, 6) is 0.366. The second-order valence-corrected chi connectivity index (χ2v) is 9.06. The van der Waals surface area contributed by atoms with Gasteiger partial charge in [0.1, 0.15) is 4.90 Å². The highest BCUT2D eigenvalue weighted by molar-refractivity contribution is 9.10. The molecule has 0 aromatic heterocycles. The molecule has 0 atom stereocenters. The minimum Gasteiger partial charge on any atom is -0.493 e. The van der Waals surface area contributed by atoms with E-state index in [-0.39, 0.29) is 16.4 Å². The maximum atomic E-state index is 12.7. The van der Waals surface area contributed by atoms with Gasteiger partial charge in [0.05, 0.1) is 17.3 Å². The minimum absolute atomic E-state index is 0.0724. The number of aliphatic imine (C=N–C) groups is 1. The van der Waals surface area contributed by atoms with Crippen LogP contribution >= 0.6 is 15.9 Å². The molecular weight excluding hydrogens is 466 g/mol. The molecule has 0 radical (unpaired) electrons. The van der Waals surface area contributed by atoms with Crippen molar-refractivity contribution in [3.8, 4) is 11.5 Å². The number of hydrogen-bond acceptors (Lipinski definition) is 5. The molecule has 0 heterocycles. The average molecular weight is 488 g/mol. The maximum Gasteiger partial charge on any atom is 0.339 e. The number of nitrogens with zero attached hydrogens (tertiary/aromatic N) is 1. The number of halogens is 1. The van der Waals surface area contributed by atoms with Gasteiger partial charge in [-0.1, -0.05) is 36.8 Å². The summed E-state index contributed by atoms with van der Waals surface area (Å²) in [4.78, 5) is 4.54. The molecule has 0 spiro atoms. The lowest BCUT2D eigenvalue weighted by Gasteiger charge is -2.13. The van der Waals surface area contributed by atoms with Crippen molar-refractivity contribution in [1.82, 2.24) is 0 Å². The van der Waals surface area contributed by atoms with Crippen LogP contribution in [0, 0.1) is 6.92 Å². The number of rotatable bonds is 7. The van der Waals surface area contributed by atoms with Crippen molar-refractivity contribution in [3.05, 3.63) is 81.8 Å². The van der Waals surface area contributed by atoms with Gasteiger partial charge in [-0.2, -0.15) is 8.42 Å². The molecule has 3 aromatic rings. The fraction of sp³-hybridized carbons (Fsp3) is 0.174. The van der Waals surface area contributed by atoms with Crippen LogP contribution in [-0.2, 0) is 16.5 Å². The average Bonchev–Trinajstić information content (AvgIpc) is 2.74. The summed E-state index contributed by atoms with van der Waals surface area (Å²) < 4.78 is 36.5. The van der Waals surface area contributed by atoms with Gasteiger partial charge in [-0.05, 0) is 76.8 Å². The molecule has 0 bridgehead atoms. The van der Waals surface area contributed by atoms with Gasteiger partial charge in [0.25, 0.3) is 0 Å². The summed E-state index contributed by atoms with van der Waals surface area (Å²) in [6, 6.07) is 17.8. The van der Waals surface area contributed by atoms with Gasteiger partial charge in [0.15, 0.2) is 11.5 Å². The summed E-state index contributed by atoms with van der Waals surface area (Å²) >= 11 is 3.39. The molecule has 0 saturated heterocycles. The smallest absolute Gasteiger partial charge is 0.339 e. The second-order valence-electron chi connectivity index (χ2n) is 6.66. The Morgan fingerprint density at radius 2 is 1.70 bits per heavy atom. The van der Waals surface area contributed by atoms with Gasteiger partial charge in [-0.25, -0.2) is 0 Å². The Morgan fingerprint density at radius 3 is 2.30 bits per heavy atom. The lowest BCUT2D eigenvalue weighted by Crippen LogP contribution is -2.11. The molecule has 0 aliphatic carbocycles. The zero-order valence-electron chi connectivity index (χ0n) is 16.9. The van der Waals surface area contributed by atoms with Crippen LogP contribution in [0.4, 0.5) is 5.69 Å². The molecule has 0 amide bonds. The van der Waals surface area contributed by atoms with Crippen LogP contribution in [0.15, 0.2) is 75.0 Å². The molecule has 0 saturated carbocycles. The Kier molecular flexibility index (Phi) is 6.95. The third-order valence-corrected chi connectivity index (χ3v) is 6.29. The molecule has 0 aliphatic heterocycles. The molecule has 0 aliphatic rings. The summed E-state index contributed by atoms with van der Waals surface area (Å²) in [7, 11) is -2.55. The minimum atomic E-state index is -4.00. The van der Waals surface area contributed by atoms with Crippen molar-refractivity contribution in [2.75, 3.05) is 7.11 Å². The molecule has 0 unspecified atom stereocenters. The first-order chi connectivity index (χ1) is 14.3. The highest BCUT2D eigenvalue weighted by atomic mass is 79.9. The van der Waals surface area contributed by atoms with Crippen LogP contribution < -0.4 is 8.92 Å². The number of aryl methyl sites for hydroxylation is 2. The molecule has 3 aromatic carbocycles. The molecule has 3 rings (SSSR count). The quantitative estimate of drug-likeness (QED) is 0.309. The normalized spacial score (nSPS) is 11.6. The number of hydrogen-bond donors (Lipinski definition) is 0. The van der Waals surface area contributed by atoms with Gasteiger partial charge in [-0.15, -0.1) is 0 Å². The predicted molar refractivity (Wildman–Crippen MR) is 123 cm³/mol. The first-order valence-corrected chi connectivity index (χ1v) is 11.5. The SMILES string of the molecule is CCc1ccc(N=Cc2cc(Br)c(OS(=O)(=O)c3ccc(C)cc3)c(OC)c2)cc1. The van der Waals surface area contributed by atoms with E-state index < -0.39 is 10.1 Å². The molecule has 5 nitrogen and oxygen atoms in total. The number of methoxy groups -OCH3 is 1. The van der Waals surface area contributed by atoms with Crippen LogP contribution in [0.2, 0.25) is 0 Å². The van der Waals surface area contributed by atoms with Gasteiger partial charge in [0.2, 0.25) is 0 Å². The second kappa shape index (κ2) is 9.45. The third-order valence-electron chi connectivity index (χ3n) is 4.46. The van der Waals surface area contributed by atoms with Crippen LogP contribution in [-0.4, -0.2) is 21.7 Å². The number of ether oxygens (including phenoxy) is 1. The summed E-state index contributed by atoms with van der Waals surface area (Å²) in [6.45, 7) is 3.99. The van der Waals surface area contributed by atoms with Crippen molar-refractivity contribution in [2.24, 2.45) is 4.99 Å². The molecule has 0 fully saturated rings. The Morgan fingerprint density at radius 1 is 1.03 bits per heavy atom. The number of benzene rings is 3. The van der Waals surface area contributed by atoms with Crippen LogP contribution in [0.5, 0.6) is 11.5 Å². The van der Waals surface area contributed by atoms with Gasteiger partial charge >= 0.3 is 10.1 Å². The van der Waals surface area contributed by atoms with Crippen molar-refractivity contribution < 1.29 is 17.3 Å². The lowest BCUT2D eigenvalue weighted by molar-refractivity contribution is 0.389. The van der Waals surface area contributed by atoms with E-state index in [1.54, 1.807) is 30.5 Å². The standard InChI is InChI=1S/C23H22BrNO4S/c1-4-17-7-9-19(10-8-17)25-15-18-13-21(24)23(22(14-18)28-3)29-30(26,27)20-11-5-16(2)6-12-20/h5-15H,4H2,1-3H3. The predicted octanol–water partition coefficient (Wildman–Crippen LogP) is 5.85. The first-order valence-electron chi connectivity index (χ1n) is 9.34. The van der Waals surface area contributed by atoms with Crippen molar-refractivity contribution in [3.63, 3.8) is 0 Å². The van der Waals surface area contributed by atoms with Gasteiger partial charge in [0, 0.05) is 6.21 Å². The van der Waals surface area contributed by atoms with Crippen LogP contribution in [0.25, 0.3) is 0 Å². The van der Waals surface area contributed by atoms with E-state index in [1.165, 1.54) is 24.8 Å². The summed E-state index contributed by atoms with van der Waals surface area (Å²) in [5, 5.41) is 0. The topological polar surface area (TPSA) is 65.0 Å². The summed E-state index contributed by atoms with van der Waals surface area (Å²) in [6.07, 6.45) is 2.66. The van der Waals surface area contributed by atoms with E-state index in [0.717, 1.165) is 23.2 Å². The van der Waals surface area contributed by atoms with E-state index in [9.17, 15) is 8.42 Å². The third kappa shape index (κ3) is 5.29. The first kappa shape index (κ1) is 22.1. The fourth-order valence-electron chi connectivity index (χ4n) is 2.72. The lowest BCUT2D eigenvalue weighted by atomic mass is 10.1. The highest BCUT2D eigenvalue weighted by Crippen LogP contribution is 2.38. The van der Waals surface area contributed by atoms with Crippen LogP contribution in [0.1, 0.15) is 23.6 Å². The van der Waals surface area contributed by atoms with Crippen molar-refractivity contribution in [1.29, 1.82) is 0 Å². The van der Waals surface area contributed by atoms with Gasteiger partial charge < -0.3 is 8.92 Å². The van der Waals surface area contributed by atoms with Crippen molar-refractivity contribution >= 4 is 38.0 Å². The summed E-state index contributed by atoms with van der Waals surface area (Å²) in [5.41, 5.74) is 3.76. The van der Waals surface area contributed by atoms with E-state index in [2.05, 4.69) is 27.8 Å². The fourth-order valence-corrected chi connectivity index (χ4v) is 4.33. The molecule has 30 heavy (non-hydrogen) atoms. The van der Waals surface area contributed by atoms with Crippen molar-refractivity contribution in [2.45, 2.75) is 25.2 Å². The Hall–Kier alpha value is -2.64. The Labute approximate surface area is 185 Å². The highest BCUT2D eigenvalue weighted by Gasteiger charge is 2.21. The zero-order chi connectivity index (χ0) is 21.7. The Bertz CT molecular complexity index is 1160. The molecular formula is C23H22BrNO4S. The molecule has 156 valence electrons. The van der Waals surface area contributed by atoms with E-state index >= 15 is 0 Å². The Balaban J connectivity index is 1.88. The van der Waals surface area contributed by atoms with E-state index in [0.29, 0.717) is 4.47 Å². The molecule has 0 N–H and O–H groups in total. The van der Waals surface area contributed by atoms with E-state index in [4.69, 9.17) is 8.92 Å². The monoisotopic (exact) mass is 487 g/mol. The maximum absolute atomic E-state index is 12.7. The zero-order valence-corrected chi connectivity index (χ0v) is 19.3.